The van der Waals surface area contributed by atoms with Gasteiger partial charge >= 0.3 is 6.03 Å². The summed E-state index contributed by atoms with van der Waals surface area (Å²) in [5.41, 5.74) is 5.79. The second kappa shape index (κ2) is 14.7. The van der Waals surface area contributed by atoms with Crippen LogP contribution in [0.15, 0.2) is 22.9 Å². The van der Waals surface area contributed by atoms with Crippen molar-refractivity contribution in [2.75, 3.05) is 53.0 Å². The first-order valence-corrected chi connectivity index (χ1v) is 15.2. The molecule has 4 heterocycles. The number of urea groups is 1. The molecule has 0 aliphatic carbocycles. The van der Waals surface area contributed by atoms with Gasteiger partial charge in [0.15, 0.2) is 0 Å². The van der Waals surface area contributed by atoms with E-state index in [-0.39, 0.29) is 29.9 Å². The van der Waals surface area contributed by atoms with Crippen molar-refractivity contribution in [2.45, 2.75) is 58.7 Å². The Morgan fingerprint density at radius 1 is 1.20 bits per heavy atom. The standard InChI is InChI=1S/C29H42N6O5S/c1-20-17-25(28(37)34-12-14-40-15-13-34)31-22(3)26(20)27(36)30-9-5-21(2)33-10-6-24(7-11-33)35(29(38)32-39-4)18-23-8-16-41-19-23/h8,16-17,19,21,24H,5-7,9-15,18H2,1-4H3,(H,30,36)(H,32,38). The molecule has 2 aliphatic heterocycles. The van der Waals surface area contributed by atoms with E-state index in [0.29, 0.717) is 56.3 Å². The van der Waals surface area contributed by atoms with Crippen LogP contribution in [0.4, 0.5) is 4.79 Å². The fourth-order valence-corrected chi connectivity index (χ4v) is 6.27. The number of aryl methyl sites for hydroxylation is 2. The van der Waals surface area contributed by atoms with Gasteiger partial charge in [-0.2, -0.15) is 11.3 Å². The van der Waals surface area contributed by atoms with E-state index in [2.05, 4.69) is 33.0 Å². The van der Waals surface area contributed by atoms with Crippen molar-refractivity contribution in [1.82, 2.24) is 30.5 Å². The van der Waals surface area contributed by atoms with Gasteiger partial charge in [-0.15, -0.1) is 0 Å². The normalized spacial score (nSPS) is 17.2. The minimum Gasteiger partial charge on any atom is -0.378 e. The number of nitrogens with zero attached hydrogens (tertiary/aromatic N) is 4. The zero-order chi connectivity index (χ0) is 29.4. The third-order valence-electron chi connectivity index (χ3n) is 7.94. The van der Waals surface area contributed by atoms with Gasteiger partial charge in [0.05, 0.1) is 31.6 Å². The molecule has 0 spiro atoms. The van der Waals surface area contributed by atoms with Crippen LogP contribution in [-0.4, -0.2) is 103 Å². The summed E-state index contributed by atoms with van der Waals surface area (Å²) in [7, 11) is 1.45. The first-order valence-electron chi connectivity index (χ1n) is 14.3. The highest BCUT2D eigenvalue weighted by Crippen LogP contribution is 2.22. The number of carbonyl (C=O) groups is 3. The van der Waals surface area contributed by atoms with Gasteiger partial charge in [-0.25, -0.2) is 15.3 Å². The molecule has 2 fully saturated rings. The van der Waals surface area contributed by atoms with Crippen LogP contribution in [0.5, 0.6) is 0 Å². The molecule has 1 atom stereocenters. The molecule has 2 aromatic heterocycles. The molecule has 2 aromatic rings. The number of ether oxygens (including phenoxy) is 1. The monoisotopic (exact) mass is 586 g/mol. The lowest BCUT2D eigenvalue weighted by Gasteiger charge is -2.40. The Hall–Kier alpha value is -3.06. The molecule has 12 heteroatoms. The van der Waals surface area contributed by atoms with Crippen LogP contribution in [0.3, 0.4) is 0 Å². The Morgan fingerprint density at radius 2 is 1.93 bits per heavy atom. The number of likely N-dealkylation sites (tertiary alicyclic amines) is 1. The second-order valence-electron chi connectivity index (χ2n) is 10.7. The van der Waals surface area contributed by atoms with E-state index in [9.17, 15) is 14.4 Å². The summed E-state index contributed by atoms with van der Waals surface area (Å²) >= 11 is 1.62. The maximum Gasteiger partial charge on any atom is 0.341 e. The number of hydroxylamine groups is 1. The topological polar surface area (TPSA) is 116 Å². The molecule has 0 bridgehead atoms. The highest BCUT2D eigenvalue weighted by molar-refractivity contribution is 7.07. The van der Waals surface area contributed by atoms with E-state index in [4.69, 9.17) is 9.57 Å². The number of aromatic nitrogens is 1. The predicted octanol–water partition coefficient (Wildman–Crippen LogP) is 2.98. The van der Waals surface area contributed by atoms with Crippen molar-refractivity contribution >= 4 is 29.2 Å². The zero-order valence-electron chi connectivity index (χ0n) is 24.5. The maximum atomic E-state index is 13.1. The van der Waals surface area contributed by atoms with Crippen LogP contribution in [0.25, 0.3) is 0 Å². The molecule has 2 aliphatic rings. The summed E-state index contributed by atoms with van der Waals surface area (Å²) in [5, 5.41) is 7.14. The smallest absolute Gasteiger partial charge is 0.341 e. The number of morpholine rings is 1. The summed E-state index contributed by atoms with van der Waals surface area (Å²) in [6, 6.07) is 3.95. The van der Waals surface area contributed by atoms with Gasteiger partial charge in [-0.1, -0.05) is 0 Å². The Balaban J connectivity index is 1.26. The van der Waals surface area contributed by atoms with Crippen LogP contribution in [0, 0.1) is 13.8 Å². The van der Waals surface area contributed by atoms with Crippen molar-refractivity contribution < 1.29 is 24.0 Å². The first kappa shape index (κ1) is 30.9. The molecule has 41 heavy (non-hydrogen) atoms. The van der Waals surface area contributed by atoms with Gasteiger partial charge in [-0.3, -0.25) is 14.4 Å². The van der Waals surface area contributed by atoms with Gasteiger partial charge < -0.3 is 24.8 Å². The molecule has 0 radical (unpaired) electrons. The van der Waals surface area contributed by atoms with Crippen molar-refractivity contribution in [2.24, 2.45) is 0 Å². The first-order chi connectivity index (χ1) is 19.8. The fraction of sp³-hybridized carbons (Fsp3) is 0.586. The average Bonchev–Trinajstić information content (AvgIpc) is 3.49. The Bertz CT molecular complexity index is 1160. The van der Waals surface area contributed by atoms with Crippen molar-refractivity contribution in [3.8, 4) is 0 Å². The number of piperidine rings is 1. The van der Waals surface area contributed by atoms with Crippen LogP contribution < -0.4 is 10.8 Å². The molecule has 11 nitrogen and oxygen atoms in total. The van der Waals surface area contributed by atoms with E-state index in [0.717, 1.165) is 43.5 Å². The molecule has 1 unspecified atom stereocenters. The highest BCUT2D eigenvalue weighted by Gasteiger charge is 2.30. The van der Waals surface area contributed by atoms with Crippen LogP contribution in [0.2, 0.25) is 0 Å². The van der Waals surface area contributed by atoms with Crippen molar-refractivity contribution in [3.63, 3.8) is 0 Å². The number of rotatable bonds is 10. The number of hydrogen-bond acceptors (Lipinski definition) is 8. The Kier molecular flexibility index (Phi) is 11.1. The van der Waals surface area contributed by atoms with Gasteiger partial charge in [0.1, 0.15) is 5.69 Å². The number of pyridine rings is 1. The van der Waals surface area contributed by atoms with Gasteiger partial charge in [-0.05, 0) is 74.1 Å². The van der Waals surface area contributed by atoms with E-state index in [1.165, 1.54) is 7.11 Å². The molecular formula is C29H42N6O5S. The van der Waals surface area contributed by atoms with E-state index in [1.807, 2.05) is 23.3 Å². The van der Waals surface area contributed by atoms with E-state index >= 15 is 0 Å². The molecule has 4 rings (SSSR count). The van der Waals surface area contributed by atoms with Gasteiger partial charge in [0, 0.05) is 51.4 Å². The predicted molar refractivity (Wildman–Crippen MR) is 157 cm³/mol. The number of carbonyl (C=O) groups excluding carboxylic acids is 3. The summed E-state index contributed by atoms with van der Waals surface area (Å²) in [6.45, 7) is 10.8. The number of amides is 4. The van der Waals surface area contributed by atoms with Gasteiger partial charge in [0.2, 0.25) is 0 Å². The van der Waals surface area contributed by atoms with Crippen molar-refractivity contribution in [3.05, 3.63) is 51.0 Å². The summed E-state index contributed by atoms with van der Waals surface area (Å²) in [5.74, 6) is -0.296. The Morgan fingerprint density at radius 3 is 2.56 bits per heavy atom. The average molecular weight is 587 g/mol. The zero-order valence-corrected chi connectivity index (χ0v) is 25.3. The molecule has 2 saturated heterocycles. The largest absolute Gasteiger partial charge is 0.378 e. The maximum absolute atomic E-state index is 13.1. The lowest BCUT2D eigenvalue weighted by molar-refractivity contribution is 0.0298. The van der Waals surface area contributed by atoms with Crippen LogP contribution >= 0.6 is 11.3 Å². The second-order valence-corrected chi connectivity index (χ2v) is 11.5. The minimum absolute atomic E-state index is 0.127. The van der Waals surface area contributed by atoms with Crippen LogP contribution in [0.1, 0.15) is 63.9 Å². The van der Waals surface area contributed by atoms with E-state index < -0.39 is 0 Å². The fourth-order valence-electron chi connectivity index (χ4n) is 5.61. The molecular weight excluding hydrogens is 544 g/mol. The highest BCUT2D eigenvalue weighted by atomic mass is 32.1. The quantitative estimate of drug-likeness (QED) is 0.411. The molecule has 2 N–H and O–H groups in total. The lowest BCUT2D eigenvalue weighted by atomic mass is 10.0. The summed E-state index contributed by atoms with van der Waals surface area (Å²) in [4.78, 5) is 54.0. The molecule has 0 saturated carbocycles. The molecule has 224 valence electrons. The summed E-state index contributed by atoms with van der Waals surface area (Å²) < 4.78 is 5.33. The third kappa shape index (κ3) is 8.03. The van der Waals surface area contributed by atoms with Gasteiger partial charge in [0.25, 0.3) is 11.8 Å². The summed E-state index contributed by atoms with van der Waals surface area (Å²) in [6.07, 6.45) is 2.55. The van der Waals surface area contributed by atoms with Crippen molar-refractivity contribution in [1.29, 1.82) is 0 Å². The molecule has 0 aromatic carbocycles. The molecule has 4 amide bonds. The SMILES string of the molecule is CONC(=O)N(Cc1ccsc1)C1CCN(C(C)CCNC(=O)c2c(C)cc(C(=O)N3CCOCC3)nc2C)CC1. The lowest BCUT2D eigenvalue weighted by Crippen LogP contribution is -2.51. The number of hydrogen-bond donors (Lipinski definition) is 2. The number of thiophene rings is 1. The Labute approximate surface area is 246 Å². The number of nitrogens with one attached hydrogen (secondary N) is 2. The van der Waals surface area contributed by atoms with E-state index in [1.54, 1.807) is 29.2 Å². The third-order valence-corrected chi connectivity index (χ3v) is 8.67. The van der Waals surface area contributed by atoms with Crippen LogP contribution in [-0.2, 0) is 16.1 Å². The minimum atomic E-state index is -0.216.